The van der Waals surface area contributed by atoms with E-state index in [2.05, 4.69) is 54.9 Å². The molecule has 2 aromatic heterocycles. The molecule has 0 aliphatic rings. The van der Waals surface area contributed by atoms with Gasteiger partial charge in [-0.25, -0.2) is 0 Å². The number of thiophene rings is 1. The summed E-state index contributed by atoms with van der Waals surface area (Å²) < 4.78 is 6.99. The molecule has 110 valence electrons. The average molecular weight is 299 g/mol. The van der Waals surface area contributed by atoms with Crippen LogP contribution in [0.5, 0.6) is 0 Å². The van der Waals surface area contributed by atoms with Crippen LogP contribution in [0.1, 0.15) is 43.2 Å². The number of fused-ring (bicyclic) bond motifs is 1. The van der Waals surface area contributed by atoms with Crippen LogP contribution in [-0.4, -0.2) is 6.54 Å². The van der Waals surface area contributed by atoms with E-state index >= 15 is 0 Å². The zero-order chi connectivity index (χ0) is 14.7. The summed E-state index contributed by atoms with van der Waals surface area (Å²) in [5.74, 6) is 1.08. The number of rotatable bonds is 6. The van der Waals surface area contributed by atoms with Crippen LogP contribution < -0.4 is 5.32 Å². The summed E-state index contributed by atoms with van der Waals surface area (Å²) in [6, 6.07) is 11.0. The van der Waals surface area contributed by atoms with Gasteiger partial charge in [0.1, 0.15) is 5.76 Å². The largest absolute Gasteiger partial charge is 0.469 e. The first-order valence-corrected chi connectivity index (χ1v) is 8.48. The standard InChI is InChI=1S/C18H21NOS/c1-3-10-19-18(14-9-11-20-16(14)4-2)15-12-21-17-8-6-5-7-13(15)17/h5-9,11-12,18-19H,3-4,10H2,1-2H3. The highest BCUT2D eigenvalue weighted by molar-refractivity contribution is 7.17. The Balaban J connectivity index is 2.07. The summed E-state index contributed by atoms with van der Waals surface area (Å²) in [4.78, 5) is 0. The van der Waals surface area contributed by atoms with E-state index in [0.717, 1.165) is 25.1 Å². The van der Waals surface area contributed by atoms with Crippen LogP contribution in [0.15, 0.2) is 46.4 Å². The van der Waals surface area contributed by atoms with Gasteiger partial charge in [0, 0.05) is 16.7 Å². The van der Waals surface area contributed by atoms with Crippen LogP contribution in [0, 0.1) is 0 Å². The van der Waals surface area contributed by atoms with Gasteiger partial charge in [-0.1, -0.05) is 32.0 Å². The van der Waals surface area contributed by atoms with Crippen molar-refractivity contribution in [2.75, 3.05) is 6.54 Å². The summed E-state index contributed by atoms with van der Waals surface area (Å²) in [6.45, 7) is 5.35. The molecule has 21 heavy (non-hydrogen) atoms. The molecule has 1 aromatic carbocycles. The van der Waals surface area contributed by atoms with Crippen LogP contribution in [-0.2, 0) is 6.42 Å². The van der Waals surface area contributed by atoms with Gasteiger partial charge >= 0.3 is 0 Å². The molecule has 2 heterocycles. The van der Waals surface area contributed by atoms with Crippen molar-refractivity contribution in [3.05, 3.63) is 58.9 Å². The maximum Gasteiger partial charge on any atom is 0.108 e. The molecular weight excluding hydrogens is 278 g/mol. The fraction of sp³-hybridized carbons (Fsp3) is 0.333. The summed E-state index contributed by atoms with van der Waals surface area (Å²) in [5.41, 5.74) is 2.63. The van der Waals surface area contributed by atoms with Gasteiger partial charge in [0.15, 0.2) is 0 Å². The zero-order valence-electron chi connectivity index (χ0n) is 12.6. The molecule has 0 fully saturated rings. The minimum Gasteiger partial charge on any atom is -0.469 e. The Morgan fingerprint density at radius 3 is 2.81 bits per heavy atom. The van der Waals surface area contributed by atoms with Crippen molar-refractivity contribution in [1.82, 2.24) is 5.32 Å². The third-order valence-electron chi connectivity index (χ3n) is 3.83. The monoisotopic (exact) mass is 299 g/mol. The molecule has 0 aliphatic heterocycles. The summed E-state index contributed by atoms with van der Waals surface area (Å²) in [5, 5.41) is 7.32. The van der Waals surface area contributed by atoms with Gasteiger partial charge < -0.3 is 9.73 Å². The lowest BCUT2D eigenvalue weighted by atomic mass is 9.97. The van der Waals surface area contributed by atoms with E-state index < -0.39 is 0 Å². The van der Waals surface area contributed by atoms with E-state index in [1.54, 1.807) is 0 Å². The zero-order valence-corrected chi connectivity index (χ0v) is 13.4. The molecule has 0 aliphatic carbocycles. The number of nitrogens with one attached hydrogen (secondary N) is 1. The minimum atomic E-state index is 0.217. The van der Waals surface area contributed by atoms with Crippen molar-refractivity contribution in [2.45, 2.75) is 32.7 Å². The first kappa shape index (κ1) is 14.4. The van der Waals surface area contributed by atoms with Gasteiger partial charge in [0.05, 0.1) is 12.3 Å². The molecule has 3 rings (SSSR count). The normalized spacial score (nSPS) is 12.9. The highest BCUT2D eigenvalue weighted by Gasteiger charge is 2.21. The molecule has 0 saturated heterocycles. The van der Waals surface area contributed by atoms with Crippen LogP contribution in [0.2, 0.25) is 0 Å². The number of aryl methyl sites for hydroxylation is 1. The van der Waals surface area contributed by atoms with Gasteiger partial charge in [-0.05, 0) is 41.4 Å². The number of hydrogen-bond acceptors (Lipinski definition) is 3. The lowest BCUT2D eigenvalue weighted by Gasteiger charge is -2.18. The first-order valence-electron chi connectivity index (χ1n) is 7.61. The van der Waals surface area contributed by atoms with Crippen molar-refractivity contribution >= 4 is 21.4 Å². The van der Waals surface area contributed by atoms with Crippen molar-refractivity contribution in [3.8, 4) is 0 Å². The lowest BCUT2D eigenvalue weighted by molar-refractivity contribution is 0.500. The second-order valence-electron chi connectivity index (χ2n) is 5.23. The maximum atomic E-state index is 5.65. The molecule has 1 atom stereocenters. The number of benzene rings is 1. The molecule has 3 aromatic rings. The van der Waals surface area contributed by atoms with Gasteiger partial charge in [-0.2, -0.15) is 0 Å². The molecule has 0 bridgehead atoms. The first-order chi connectivity index (χ1) is 10.3. The Hall–Kier alpha value is -1.58. The van der Waals surface area contributed by atoms with Crippen molar-refractivity contribution in [1.29, 1.82) is 0 Å². The van der Waals surface area contributed by atoms with Crippen LogP contribution >= 0.6 is 11.3 Å². The highest BCUT2D eigenvalue weighted by atomic mass is 32.1. The SMILES string of the molecule is CCCNC(c1ccoc1CC)c1csc2ccccc12. The fourth-order valence-corrected chi connectivity index (χ4v) is 3.78. The Morgan fingerprint density at radius 1 is 1.14 bits per heavy atom. The Kier molecular flexibility index (Phi) is 4.42. The van der Waals surface area contributed by atoms with E-state index in [0.29, 0.717) is 0 Å². The predicted molar refractivity (Wildman–Crippen MR) is 90.0 cm³/mol. The van der Waals surface area contributed by atoms with Crippen molar-refractivity contribution in [2.24, 2.45) is 0 Å². The summed E-state index contributed by atoms with van der Waals surface area (Å²) >= 11 is 1.82. The molecule has 2 nitrogen and oxygen atoms in total. The topological polar surface area (TPSA) is 25.2 Å². The van der Waals surface area contributed by atoms with E-state index in [1.165, 1.54) is 21.2 Å². The second kappa shape index (κ2) is 6.46. The van der Waals surface area contributed by atoms with Crippen LogP contribution in [0.3, 0.4) is 0 Å². The quantitative estimate of drug-likeness (QED) is 0.681. The second-order valence-corrected chi connectivity index (χ2v) is 6.14. The van der Waals surface area contributed by atoms with E-state index in [-0.39, 0.29) is 6.04 Å². The fourth-order valence-electron chi connectivity index (χ4n) is 2.79. The third kappa shape index (κ3) is 2.76. The van der Waals surface area contributed by atoms with E-state index in [1.807, 2.05) is 17.6 Å². The van der Waals surface area contributed by atoms with Crippen LogP contribution in [0.25, 0.3) is 10.1 Å². The molecule has 3 heteroatoms. The Labute approximate surface area is 129 Å². The summed E-state index contributed by atoms with van der Waals surface area (Å²) in [6.07, 6.45) is 3.86. The molecule has 0 radical (unpaired) electrons. The van der Waals surface area contributed by atoms with Crippen molar-refractivity contribution in [3.63, 3.8) is 0 Å². The summed E-state index contributed by atoms with van der Waals surface area (Å²) in [7, 11) is 0. The highest BCUT2D eigenvalue weighted by Crippen LogP contribution is 2.35. The molecular formula is C18H21NOS. The Bertz CT molecular complexity index is 713. The Morgan fingerprint density at radius 2 is 2.00 bits per heavy atom. The maximum absolute atomic E-state index is 5.65. The molecule has 1 unspecified atom stereocenters. The third-order valence-corrected chi connectivity index (χ3v) is 4.81. The van der Waals surface area contributed by atoms with E-state index in [4.69, 9.17) is 4.42 Å². The molecule has 0 amide bonds. The van der Waals surface area contributed by atoms with Gasteiger partial charge in [-0.15, -0.1) is 11.3 Å². The average Bonchev–Trinajstić information content (AvgIpc) is 3.15. The number of furan rings is 1. The van der Waals surface area contributed by atoms with E-state index in [9.17, 15) is 0 Å². The molecule has 1 N–H and O–H groups in total. The smallest absolute Gasteiger partial charge is 0.108 e. The van der Waals surface area contributed by atoms with Gasteiger partial charge in [-0.3, -0.25) is 0 Å². The molecule has 0 spiro atoms. The lowest BCUT2D eigenvalue weighted by Crippen LogP contribution is -2.23. The van der Waals surface area contributed by atoms with Crippen LogP contribution in [0.4, 0.5) is 0 Å². The van der Waals surface area contributed by atoms with Crippen molar-refractivity contribution < 1.29 is 4.42 Å². The van der Waals surface area contributed by atoms with Gasteiger partial charge in [0.25, 0.3) is 0 Å². The minimum absolute atomic E-state index is 0.217. The number of hydrogen-bond donors (Lipinski definition) is 1. The predicted octanol–water partition coefficient (Wildman–Crippen LogP) is 5.15. The van der Waals surface area contributed by atoms with Gasteiger partial charge in [0.2, 0.25) is 0 Å². The molecule has 0 saturated carbocycles.